The summed E-state index contributed by atoms with van der Waals surface area (Å²) in [7, 11) is 0. The Morgan fingerprint density at radius 3 is 2.56 bits per heavy atom. The van der Waals surface area contributed by atoms with Crippen LogP contribution in [0.3, 0.4) is 0 Å². The monoisotopic (exact) mass is 311 g/mol. The second-order valence-electron chi connectivity index (χ2n) is 4.03. The molecule has 0 aliphatic heterocycles. The Balaban J connectivity index is 2.16. The summed E-state index contributed by atoms with van der Waals surface area (Å²) in [6.45, 7) is 2.50. The van der Waals surface area contributed by atoms with Gasteiger partial charge in [-0.2, -0.15) is 0 Å². The van der Waals surface area contributed by atoms with Crippen LogP contribution in [0.4, 0.5) is 14.5 Å². The highest BCUT2D eigenvalue weighted by Gasteiger charge is 2.08. The zero-order chi connectivity index (χ0) is 13.1. The van der Waals surface area contributed by atoms with Crippen molar-refractivity contribution >= 4 is 21.6 Å². The lowest BCUT2D eigenvalue weighted by molar-refractivity contribution is 0.580. The van der Waals surface area contributed by atoms with Crippen LogP contribution in [0.1, 0.15) is 11.1 Å². The Bertz CT molecular complexity index is 570. The Labute approximate surface area is 113 Å². The zero-order valence-corrected chi connectivity index (χ0v) is 11.4. The molecule has 0 unspecified atom stereocenters. The van der Waals surface area contributed by atoms with Crippen LogP contribution in [-0.4, -0.2) is 0 Å². The van der Waals surface area contributed by atoms with Crippen LogP contribution in [-0.2, 0) is 6.54 Å². The average molecular weight is 312 g/mol. The van der Waals surface area contributed by atoms with Crippen LogP contribution in [0.5, 0.6) is 0 Å². The lowest BCUT2D eigenvalue weighted by atomic mass is 10.1. The van der Waals surface area contributed by atoms with E-state index in [0.717, 1.165) is 17.2 Å². The van der Waals surface area contributed by atoms with Gasteiger partial charge in [0.25, 0.3) is 0 Å². The van der Waals surface area contributed by atoms with E-state index in [1.54, 1.807) is 0 Å². The molecule has 1 N–H and O–H groups in total. The largest absolute Gasteiger partial charge is 0.379 e. The van der Waals surface area contributed by atoms with E-state index in [4.69, 9.17) is 0 Å². The van der Waals surface area contributed by atoms with Crippen LogP contribution in [0.15, 0.2) is 40.9 Å². The van der Waals surface area contributed by atoms with E-state index in [1.165, 1.54) is 6.07 Å². The standard InChI is InChI=1S/C14H12BrF2N/c1-9-4-2-3-5-10(9)8-18-14-6-11(15)12(16)7-13(14)17/h2-7,18H,8H2,1H3. The molecule has 1 nitrogen and oxygen atoms in total. The van der Waals surface area contributed by atoms with Crippen molar-refractivity contribution < 1.29 is 8.78 Å². The number of hydrogen-bond acceptors (Lipinski definition) is 1. The first-order valence-electron chi connectivity index (χ1n) is 5.51. The number of rotatable bonds is 3. The Kier molecular flexibility index (Phi) is 3.97. The molecule has 2 rings (SSSR count). The van der Waals surface area contributed by atoms with Crippen molar-refractivity contribution in [3.05, 3.63) is 63.6 Å². The van der Waals surface area contributed by atoms with Crippen LogP contribution in [0.25, 0.3) is 0 Å². The van der Waals surface area contributed by atoms with E-state index < -0.39 is 11.6 Å². The molecule has 0 spiro atoms. The Morgan fingerprint density at radius 1 is 1.11 bits per heavy atom. The maximum atomic E-state index is 13.5. The molecule has 0 atom stereocenters. The average Bonchev–Trinajstić information content (AvgIpc) is 2.34. The summed E-state index contributed by atoms with van der Waals surface area (Å²) in [6, 6.07) is 10.1. The molecular weight excluding hydrogens is 300 g/mol. The van der Waals surface area contributed by atoms with Crippen molar-refractivity contribution in [1.29, 1.82) is 0 Å². The minimum Gasteiger partial charge on any atom is -0.379 e. The second-order valence-corrected chi connectivity index (χ2v) is 4.88. The molecule has 0 radical (unpaired) electrons. The van der Waals surface area contributed by atoms with E-state index in [2.05, 4.69) is 21.2 Å². The van der Waals surface area contributed by atoms with E-state index >= 15 is 0 Å². The molecule has 18 heavy (non-hydrogen) atoms. The van der Waals surface area contributed by atoms with Gasteiger partial charge in [0.15, 0.2) is 0 Å². The summed E-state index contributed by atoms with van der Waals surface area (Å²) >= 11 is 3.04. The van der Waals surface area contributed by atoms with Gasteiger partial charge >= 0.3 is 0 Å². The fourth-order valence-corrected chi connectivity index (χ4v) is 2.00. The molecule has 0 saturated carbocycles. The number of benzene rings is 2. The first kappa shape index (κ1) is 13.0. The summed E-state index contributed by atoms with van der Waals surface area (Å²) in [4.78, 5) is 0. The van der Waals surface area contributed by atoms with Gasteiger partial charge < -0.3 is 5.32 Å². The minimum atomic E-state index is -0.603. The van der Waals surface area contributed by atoms with E-state index in [9.17, 15) is 8.78 Å². The minimum absolute atomic E-state index is 0.246. The van der Waals surface area contributed by atoms with Crippen molar-refractivity contribution in [3.8, 4) is 0 Å². The van der Waals surface area contributed by atoms with Crippen LogP contribution < -0.4 is 5.32 Å². The third kappa shape index (κ3) is 2.88. The van der Waals surface area contributed by atoms with Gasteiger partial charge in [-0.3, -0.25) is 0 Å². The van der Waals surface area contributed by atoms with E-state index in [0.29, 0.717) is 6.54 Å². The van der Waals surface area contributed by atoms with E-state index in [-0.39, 0.29) is 10.2 Å². The van der Waals surface area contributed by atoms with Crippen LogP contribution >= 0.6 is 15.9 Å². The Morgan fingerprint density at radius 2 is 1.83 bits per heavy atom. The van der Waals surface area contributed by atoms with Gasteiger partial charge in [-0.1, -0.05) is 24.3 Å². The summed E-state index contributed by atoms with van der Waals surface area (Å²) < 4.78 is 26.8. The highest BCUT2D eigenvalue weighted by molar-refractivity contribution is 9.10. The lowest BCUT2D eigenvalue weighted by Gasteiger charge is -2.10. The molecule has 2 aromatic carbocycles. The molecule has 0 amide bonds. The molecule has 0 aromatic heterocycles. The Hall–Kier alpha value is -1.42. The molecule has 0 bridgehead atoms. The zero-order valence-electron chi connectivity index (χ0n) is 9.81. The van der Waals surface area contributed by atoms with Crippen molar-refractivity contribution in [2.75, 3.05) is 5.32 Å². The van der Waals surface area contributed by atoms with Crippen molar-refractivity contribution in [1.82, 2.24) is 0 Å². The summed E-state index contributed by atoms with van der Waals surface area (Å²) in [6.07, 6.45) is 0. The molecule has 94 valence electrons. The maximum absolute atomic E-state index is 13.5. The molecule has 0 fully saturated rings. The van der Waals surface area contributed by atoms with Crippen molar-refractivity contribution in [3.63, 3.8) is 0 Å². The summed E-state index contributed by atoms with van der Waals surface area (Å²) in [5, 5.41) is 2.97. The van der Waals surface area contributed by atoms with Gasteiger partial charge in [-0.05, 0) is 40.0 Å². The predicted octanol–water partition coefficient (Wildman–Crippen LogP) is 4.65. The molecular formula is C14H12BrF2N. The van der Waals surface area contributed by atoms with Crippen molar-refractivity contribution in [2.45, 2.75) is 13.5 Å². The third-order valence-electron chi connectivity index (χ3n) is 2.74. The van der Waals surface area contributed by atoms with Crippen LogP contribution in [0, 0.1) is 18.6 Å². The third-order valence-corrected chi connectivity index (χ3v) is 3.35. The van der Waals surface area contributed by atoms with Gasteiger partial charge in [-0.25, -0.2) is 8.78 Å². The molecule has 4 heteroatoms. The number of aryl methyl sites for hydroxylation is 1. The number of anilines is 1. The predicted molar refractivity (Wildman–Crippen MR) is 72.6 cm³/mol. The summed E-state index contributed by atoms with van der Waals surface area (Å²) in [5.41, 5.74) is 2.50. The van der Waals surface area contributed by atoms with Crippen molar-refractivity contribution in [2.24, 2.45) is 0 Å². The number of nitrogens with one attached hydrogen (secondary N) is 1. The number of hydrogen-bond donors (Lipinski definition) is 1. The second kappa shape index (κ2) is 5.48. The van der Waals surface area contributed by atoms with E-state index in [1.807, 2.05) is 31.2 Å². The number of halogens is 3. The SMILES string of the molecule is Cc1ccccc1CNc1cc(Br)c(F)cc1F. The van der Waals surface area contributed by atoms with Gasteiger partial charge in [0.1, 0.15) is 11.6 Å². The normalized spacial score (nSPS) is 10.4. The maximum Gasteiger partial charge on any atom is 0.149 e. The fourth-order valence-electron chi connectivity index (χ4n) is 1.66. The molecule has 2 aromatic rings. The highest BCUT2D eigenvalue weighted by Crippen LogP contribution is 2.24. The van der Waals surface area contributed by atoms with Gasteiger partial charge in [0.05, 0.1) is 10.2 Å². The smallest absolute Gasteiger partial charge is 0.149 e. The fraction of sp³-hybridized carbons (Fsp3) is 0.143. The van der Waals surface area contributed by atoms with Gasteiger partial charge in [0, 0.05) is 12.6 Å². The van der Waals surface area contributed by atoms with Crippen LogP contribution in [0.2, 0.25) is 0 Å². The van der Waals surface area contributed by atoms with Gasteiger partial charge in [-0.15, -0.1) is 0 Å². The molecule has 0 aliphatic carbocycles. The van der Waals surface area contributed by atoms with Gasteiger partial charge in [0.2, 0.25) is 0 Å². The molecule has 0 aliphatic rings. The molecule has 0 heterocycles. The first-order chi connectivity index (χ1) is 8.58. The summed E-state index contributed by atoms with van der Waals surface area (Å²) in [5.74, 6) is -1.20. The topological polar surface area (TPSA) is 12.0 Å². The first-order valence-corrected chi connectivity index (χ1v) is 6.30. The molecule has 0 saturated heterocycles. The lowest BCUT2D eigenvalue weighted by Crippen LogP contribution is -2.03. The highest BCUT2D eigenvalue weighted by atomic mass is 79.9. The quantitative estimate of drug-likeness (QED) is 0.814.